The highest BCUT2D eigenvalue weighted by Crippen LogP contribution is 2.41. The van der Waals surface area contributed by atoms with Gasteiger partial charge in [-0.3, -0.25) is 0 Å². The molecule has 1 amide bonds. The first-order valence-corrected chi connectivity index (χ1v) is 7.66. The van der Waals surface area contributed by atoms with Crippen LogP contribution in [0.4, 0.5) is 10.5 Å². The third-order valence-electron chi connectivity index (χ3n) is 4.21. The van der Waals surface area contributed by atoms with Crippen molar-refractivity contribution in [3.05, 3.63) is 29.3 Å². The number of ether oxygens (including phenoxy) is 1. The van der Waals surface area contributed by atoms with Crippen molar-refractivity contribution < 1.29 is 9.53 Å². The van der Waals surface area contributed by atoms with Gasteiger partial charge in [0.25, 0.3) is 0 Å². The van der Waals surface area contributed by atoms with E-state index in [4.69, 9.17) is 4.74 Å². The molecule has 0 radical (unpaired) electrons. The molecule has 5 heteroatoms. The molecule has 116 valence electrons. The van der Waals surface area contributed by atoms with Crippen LogP contribution in [0.25, 0.3) is 0 Å². The molecule has 2 atom stereocenters. The number of nitrogens with one attached hydrogen (secondary N) is 1. The summed E-state index contributed by atoms with van der Waals surface area (Å²) in [4.78, 5) is 14.0. The molecule has 1 N–H and O–H groups in total. The summed E-state index contributed by atoms with van der Waals surface area (Å²) < 4.78 is 5.47. The SMILES string of the molecule is CC(C)(C)OC(=O)N1CC[C@@H]2Nc3c(C#N)cccc3[C@@H]2C1. The van der Waals surface area contributed by atoms with Crippen molar-refractivity contribution in [1.82, 2.24) is 4.90 Å². The molecule has 0 saturated carbocycles. The molecule has 0 bridgehead atoms. The Kier molecular flexibility index (Phi) is 3.48. The minimum Gasteiger partial charge on any atom is -0.444 e. The van der Waals surface area contributed by atoms with Crippen LogP contribution in [0.3, 0.4) is 0 Å². The van der Waals surface area contributed by atoms with E-state index in [0.717, 1.165) is 17.7 Å². The first-order chi connectivity index (χ1) is 10.4. The Balaban J connectivity index is 1.80. The summed E-state index contributed by atoms with van der Waals surface area (Å²) in [6.45, 7) is 6.95. The molecule has 3 rings (SSSR count). The maximum absolute atomic E-state index is 12.3. The standard InChI is InChI=1S/C17H21N3O2/c1-17(2,3)22-16(21)20-8-7-14-13(10-20)12-6-4-5-11(9-18)15(12)19-14/h4-6,13-14,19H,7-8,10H2,1-3H3/t13-,14-/m0/s1. The second-order valence-corrected chi connectivity index (χ2v) is 6.95. The maximum atomic E-state index is 12.3. The fourth-order valence-corrected chi connectivity index (χ4v) is 3.25. The van der Waals surface area contributed by atoms with Gasteiger partial charge in [0.05, 0.1) is 11.3 Å². The van der Waals surface area contributed by atoms with Gasteiger partial charge in [0.1, 0.15) is 11.7 Å². The number of carbonyl (C=O) groups excluding carboxylic acids is 1. The van der Waals surface area contributed by atoms with Gasteiger partial charge in [-0.2, -0.15) is 5.26 Å². The Morgan fingerprint density at radius 2 is 2.23 bits per heavy atom. The largest absolute Gasteiger partial charge is 0.444 e. The lowest BCUT2D eigenvalue weighted by Crippen LogP contribution is -2.46. The van der Waals surface area contributed by atoms with Gasteiger partial charge < -0.3 is 15.0 Å². The van der Waals surface area contributed by atoms with Gasteiger partial charge in [-0.15, -0.1) is 0 Å². The number of amides is 1. The number of piperidine rings is 1. The lowest BCUT2D eigenvalue weighted by molar-refractivity contribution is 0.0195. The van der Waals surface area contributed by atoms with Gasteiger partial charge in [0.15, 0.2) is 0 Å². The van der Waals surface area contributed by atoms with Gasteiger partial charge >= 0.3 is 6.09 Å². The zero-order chi connectivity index (χ0) is 15.9. The van der Waals surface area contributed by atoms with Crippen molar-refractivity contribution in [2.24, 2.45) is 0 Å². The van der Waals surface area contributed by atoms with E-state index in [1.54, 1.807) is 4.90 Å². The van der Waals surface area contributed by atoms with Crippen LogP contribution in [0.15, 0.2) is 18.2 Å². The molecule has 2 heterocycles. The van der Waals surface area contributed by atoms with Gasteiger partial charge in [-0.1, -0.05) is 12.1 Å². The summed E-state index contributed by atoms with van der Waals surface area (Å²) in [6.07, 6.45) is 0.611. The zero-order valence-electron chi connectivity index (χ0n) is 13.2. The summed E-state index contributed by atoms with van der Waals surface area (Å²) in [7, 11) is 0. The van der Waals surface area contributed by atoms with Crippen LogP contribution < -0.4 is 5.32 Å². The molecular weight excluding hydrogens is 278 g/mol. The van der Waals surface area contributed by atoms with Crippen molar-refractivity contribution in [2.45, 2.75) is 44.8 Å². The van der Waals surface area contributed by atoms with Crippen LogP contribution in [0.5, 0.6) is 0 Å². The van der Waals surface area contributed by atoms with E-state index in [0.29, 0.717) is 24.7 Å². The molecular formula is C17H21N3O2. The van der Waals surface area contributed by atoms with Crippen molar-refractivity contribution in [1.29, 1.82) is 5.26 Å². The number of rotatable bonds is 0. The predicted octanol–water partition coefficient (Wildman–Crippen LogP) is 3.08. The average molecular weight is 299 g/mol. The third kappa shape index (κ3) is 2.61. The van der Waals surface area contributed by atoms with Crippen molar-refractivity contribution in [3.8, 4) is 6.07 Å². The monoisotopic (exact) mass is 299 g/mol. The summed E-state index contributed by atoms with van der Waals surface area (Å²) in [6, 6.07) is 8.32. The molecule has 2 aliphatic heterocycles. The van der Waals surface area contributed by atoms with E-state index in [2.05, 4.69) is 11.4 Å². The summed E-state index contributed by atoms with van der Waals surface area (Å²) in [5, 5.41) is 12.7. The molecule has 0 aliphatic carbocycles. The Bertz CT molecular complexity index is 642. The van der Waals surface area contributed by atoms with Gasteiger partial charge in [0, 0.05) is 25.0 Å². The van der Waals surface area contributed by atoms with Gasteiger partial charge in [0.2, 0.25) is 0 Å². The molecule has 1 aromatic rings. The van der Waals surface area contributed by atoms with Crippen molar-refractivity contribution >= 4 is 11.8 Å². The van der Waals surface area contributed by atoms with E-state index in [1.165, 1.54) is 0 Å². The molecule has 1 aromatic carbocycles. The van der Waals surface area contributed by atoms with E-state index < -0.39 is 5.60 Å². The van der Waals surface area contributed by atoms with Gasteiger partial charge in [-0.25, -0.2) is 4.79 Å². The average Bonchev–Trinajstić information content (AvgIpc) is 2.83. The zero-order valence-corrected chi connectivity index (χ0v) is 13.2. The molecule has 2 aliphatic rings. The highest BCUT2D eigenvalue weighted by Gasteiger charge is 2.39. The first-order valence-electron chi connectivity index (χ1n) is 7.66. The summed E-state index contributed by atoms with van der Waals surface area (Å²) in [5.41, 5.74) is 2.27. The first kappa shape index (κ1) is 14.7. The number of fused-ring (bicyclic) bond motifs is 3. The Labute approximate surface area is 130 Å². The van der Waals surface area contributed by atoms with Crippen LogP contribution >= 0.6 is 0 Å². The molecule has 0 aromatic heterocycles. The summed E-state index contributed by atoms with van der Waals surface area (Å²) in [5.74, 6) is 0.226. The number of anilines is 1. The number of hydrogen-bond donors (Lipinski definition) is 1. The number of para-hydroxylation sites is 1. The van der Waals surface area contributed by atoms with Crippen LogP contribution in [0.1, 0.15) is 44.2 Å². The number of hydrogen-bond acceptors (Lipinski definition) is 4. The molecule has 5 nitrogen and oxygen atoms in total. The lowest BCUT2D eigenvalue weighted by atomic mass is 9.89. The topological polar surface area (TPSA) is 65.4 Å². The smallest absolute Gasteiger partial charge is 0.410 e. The van der Waals surface area contributed by atoms with E-state index in [-0.39, 0.29) is 12.0 Å². The van der Waals surface area contributed by atoms with Crippen molar-refractivity contribution in [3.63, 3.8) is 0 Å². The van der Waals surface area contributed by atoms with E-state index >= 15 is 0 Å². The van der Waals surface area contributed by atoms with Gasteiger partial charge in [-0.05, 0) is 38.8 Å². The predicted molar refractivity (Wildman–Crippen MR) is 83.7 cm³/mol. The minimum atomic E-state index is -0.478. The normalized spacial score (nSPS) is 23.1. The highest BCUT2D eigenvalue weighted by atomic mass is 16.6. The fraction of sp³-hybridized carbons (Fsp3) is 0.529. The Morgan fingerprint density at radius 3 is 2.91 bits per heavy atom. The maximum Gasteiger partial charge on any atom is 0.410 e. The van der Waals surface area contributed by atoms with E-state index in [1.807, 2.05) is 39.0 Å². The molecule has 0 unspecified atom stereocenters. The number of benzene rings is 1. The second-order valence-electron chi connectivity index (χ2n) is 6.95. The van der Waals surface area contributed by atoms with Crippen LogP contribution in [-0.2, 0) is 4.74 Å². The number of carbonyl (C=O) groups is 1. The lowest BCUT2D eigenvalue weighted by Gasteiger charge is -2.36. The molecule has 0 spiro atoms. The molecule has 22 heavy (non-hydrogen) atoms. The van der Waals surface area contributed by atoms with E-state index in [9.17, 15) is 10.1 Å². The molecule has 1 saturated heterocycles. The van der Waals surface area contributed by atoms with Crippen LogP contribution in [0, 0.1) is 11.3 Å². The fourth-order valence-electron chi connectivity index (χ4n) is 3.25. The van der Waals surface area contributed by atoms with Crippen molar-refractivity contribution in [2.75, 3.05) is 18.4 Å². The van der Waals surface area contributed by atoms with Crippen LogP contribution in [-0.4, -0.2) is 35.7 Å². The minimum absolute atomic E-state index is 0.226. The summed E-state index contributed by atoms with van der Waals surface area (Å²) >= 11 is 0. The number of nitriles is 1. The highest BCUT2D eigenvalue weighted by molar-refractivity contribution is 5.71. The van der Waals surface area contributed by atoms with Crippen LogP contribution in [0.2, 0.25) is 0 Å². The quantitative estimate of drug-likeness (QED) is 0.799. The third-order valence-corrected chi connectivity index (χ3v) is 4.21. The Morgan fingerprint density at radius 1 is 1.45 bits per heavy atom. The molecule has 1 fully saturated rings. The number of likely N-dealkylation sites (tertiary alicyclic amines) is 1. The second kappa shape index (κ2) is 5.20. The Hall–Kier alpha value is -2.22. The number of nitrogens with zero attached hydrogens (tertiary/aromatic N) is 2.